The molecule has 0 atom stereocenters. The molecule has 7 nitrogen and oxygen atoms in total. The zero-order valence-corrected chi connectivity index (χ0v) is 48.6. The Labute approximate surface area is 517 Å². The van der Waals surface area contributed by atoms with Gasteiger partial charge in [-0.15, -0.1) is 0 Å². The monoisotopic (exact) mass is 1150 g/mol. The zero-order chi connectivity index (χ0) is 59.4. The normalized spacial score (nSPS) is 11.8. The van der Waals surface area contributed by atoms with Crippen molar-refractivity contribution in [1.82, 2.24) is 28.2 Å². The van der Waals surface area contributed by atoms with E-state index in [1.54, 1.807) is 0 Å². The van der Waals surface area contributed by atoms with Crippen LogP contribution in [0.1, 0.15) is 5.56 Å². The fourth-order valence-corrected chi connectivity index (χ4v) is 14.0. The Kier molecular flexibility index (Phi) is 11.5. The molecule has 0 unspecified atom stereocenters. The predicted octanol–water partition coefficient (Wildman–Crippen LogP) is 21.1. The molecular weight excluding hydrogens is 1090 g/mol. The van der Waals surface area contributed by atoms with Crippen LogP contribution in [0.2, 0.25) is 0 Å². The number of fused-ring (bicyclic) bond motifs is 12. The van der Waals surface area contributed by atoms with Crippen molar-refractivity contribution in [2.24, 2.45) is 0 Å². The average molecular weight is 1150 g/mol. The summed E-state index contributed by atoms with van der Waals surface area (Å²) in [5, 5.41) is 19.4. The maximum atomic E-state index is 9.77. The third-order valence-electron chi connectivity index (χ3n) is 18.2. The fourth-order valence-electron chi connectivity index (χ4n) is 14.0. The number of rotatable bonds is 9. The Morgan fingerprint density at radius 1 is 0.222 bits per heavy atom. The summed E-state index contributed by atoms with van der Waals surface area (Å²) in [7, 11) is 0. The van der Waals surface area contributed by atoms with Crippen LogP contribution in [-0.4, -0.2) is 28.2 Å². The summed E-state index contributed by atoms with van der Waals surface area (Å²) in [6, 6.07) is 113. The average Bonchev–Trinajstić information content (AvgIpc) is 1.67. The highest BCUT2D eigenvalue weighted by Gasteiger charge is 2.21. The Morgan fingerprint density at radius 2 is 0.544 bits per heavy atom. The SMILES string of the molecule is N#Cc1ccc(-c2cc(-c3cccc(-n4c5ccccc5c5cc(-c6ccc7c(c6)c6ccccc6n7-c6ccccc6)ccc54)c3)nc(-c3ccc(-n4c5ccccc5c5cc(-c6ccc7c(c6)c6ccccc6n7-c6ccccc6)ccc54)cc3)n2)cc1. The molecule has 0 fully saturated rings. The van der Waals surface area contributed by atoms with Gasteiger partial charge in [0.15, 0.2) is 5.82 Å². The first-order valence-electron chi connectivity index (χ1n) is 30.4. The molecule has 0 aliphatic heterocycles. The van der Waals surface area contributed by atoms with Crippen molar-refractivity contribution in [2.45, 2.75) is 0 Å². The van der Waals surface area contributed by atoms with Gasteiger partial charge in [0.2, 0.25) is 0 Å². The van der Waals surface area contributed by atoms with Crippen molar-refractivity contribution in [3.8, 4) is 85.0 Å². The molecule has 7 heteroatoms. The van der Waals surface area contributed by atoms with E-state index in [-0.39, 0.29) is 0 Å². The largest absolute Gasteiger partial charge is 0.309 e. The standard InChI is InChI=1S/C83H51N7/c84-52-53-30-32-54(33-31-53)73-51-74(60-16-15-21-64(46-60)90-78-29-14-10-25-68(78)72-50-59(39-45-82(72)90)57-37-43-80-70(48-57)66-23-8-12-27-76(66)88(80)62-19-5-2-6-20-62)86-83(85-73)55-34-40-63(41-35-55)89-77-28-13-9-24-67(77)71-49-58(38-44-81(71)89)56-36-42-79-69(47-56)65-22-7-11-26-75(65)87(79)61-17-3-1-4-18-61/h1-51H. The number of para-hydroxylation sites is 6. The first-order chi connectivity index (χ1) is 44.6. The van der Waals surface area contributed by atoms with Crippen molar-refractivity contribution in [3.05, 3.63) is 315 Å². The Bertz CT molecular complexity index is 5960. The van der Waals surface area contributed by atoms with E-state index in [0.717, 1.165) is 78.5 Å². The number of hydrogen-bond acceptors (Lipinski definition) is 3. The summed E-state index contributed by atoms with van der Waals surface area (Å²) in [5.41, 5.74) is 23.2. The van der Waals surface area contributed by atoms with Crippen molar-refractivity contribution >= 4 is 87.2 Å². The molecule has 18 rings (SSSR count). The predicted molar refractivity (Wildman–Crippen MR) is 371 cm³/mol. The van der Waals surface area contributed by atoms with E-state index in [1.807, 2.05) is 24.3 Å². The first kappa shape index (κ1) is 50.9. The molecule has 18 aromatic rings. The zero-order valence-electron chi connectivity index (χ0n) is 48.6. The molecule has 0 saturated carbocycles. The minimum absolute atomic E-state index is 0.592. The minimum Gasteiger partial charge on any atom is -0.309 e. The molecular formula is C83H51N7. The first-order valence-corrected chi connectivity index (χ1v) is 30.4. The molecule has 0 aliphatic carbocycles. The van der Waals surface area contributed by atoms with E-state index in [1.165, 1.54) is 81.8 Å². The molecule has 0 bridgehead atoms. The van der Waals surface area contributed by atoms with Crippen molar-refractivity contribution < 1.29 is 0 Å². The summed E-state index contributed by atoms with van der Waals surface area (Å²) in [5.74, 6) is 0.603. The van der Waals surface area contributed by atoms with Gasteiger partial charge in [0.05, 0.1) is 67.2 Å². The molecule has 90 heavy (non-hydrogen) atoms. The molecule has 13 aromatic carbocycles. The van der Waals surface area contributed by atoms with Gasteiger partial charge in [-0.3, -0.25) is 0 Å². The number of nitrogens with zero attached hydrogens (tertiary/aromatic N) is 7. The van der Waals surface area contributed by atoms with Crippen LogP contribution in [0.5, 0.6) is 0 Å². The number of aromatic nitrogens is 6. The quantitative estimate of drug-likeness (QED) is 0.145. The van der Waals surface area contributed by atoms with Crippen LogP contribution in [0, 0.1) is 11.3 Å². The molecule has 0 saturated heterocycles. The van der Waals surface area contributed by atoms with E-state index in [2.05, 4.69) is 309 Å². The van der Waals surface area contributed by atoms with Gasteiger partial charge in [0, 0.05) is 82.5 Å². The molecule has 5 aromatic heterocycles. The topological polar surface area (TPSA) is 69.3 Å². The summed E-state index contributed by atoms with van der Waals surface area (Å²) in [4.78, 5) is 10.6. The van der Waals surface area contributed by atoms with E-state index in [0.29, 0.717) is 11.4 Å². The van der Waals surface area contributed by atoms with E-state index in [9.17, 15) is 5.26 Å². The van der Waals surface area contributed by atoms with Crippen LogP contribution in [0.3, 0.4) is 0 Å². The lowest BCUT2D eigenvalue weighted by Crippen LogP contribution is -1.98. The van der Waals surface area contributed by atoms with Gasteiger partial charge in [-0.1, -0.05) is 158 Å². The summed E-state index contributed by atoms with van der Waals surface area (Å²) in [6.45, 7) is 0. The highest BCUT2D eigenvalue weighted by molar-refractivity contribution is 6.15. The third-order valence-corrected chi connectivity index (χ3v) is 18.2. The Morgan fingerprint density at radius 3 is 0.956 bits per heavy atom. The van der Waals surface area contributed by atoms with Crippen LogP contribution < -0.4 is 0 Å². The summed E-state index contributed by atoms with van der Waals surface area (Å²) in [6.07, 6.45) is 0. The molecule has 0 amide bonds. The van der Waals surface area contributed by atoms with E-state index >= 15 is 0 Å². The van der Waals surface area contributed by atoms with Gasteiger partial charge < -0.3 is 18.3 Å². The molecule has 0 radical (unpaired) electrons. The maximum Gasteiger partial charge on any atom is 0.160 e. The summed E-state index contributed by atoms with van der Waals surface area (Å²) < 4.78 is 9.46. The summed E-state index contributed by atoms with van der Waals surface area (Å²) >= 11 is 0. The smallest absolute Gasteiger partial charge is 0.160 e. The number of benzene rings is 13. The second-order valence-corrected chi connectivity index (χ2v) is 23.3. The second-order valence-electron chi connectivity index (χ2n) is 23.3. The minimum atomic E-state index is 0.592. The van der Waals surface area contributed by atoms with Gasteiger partial charge in [0.1, 0.15) is 0 Å². The Hall–Kier alpha value is -12.4. The number of hydrogen-bond donors (Lipinski definition) is 0. The van der Waals surface area contributed by atoms with Crippen molar-refractivity contribution in [1.29, 1.82) is 5.26 Å². The van der Waals surface area contributed by atoms with Crippen LogP contribution in [-0.2, 0) is 0 Å². The van der Waals surface area contributed by atoms with Crippen molar-refractivity contribution in [2.75, 3.05) is 0 Å². The third kappa shape index (κ3) is 8.13. The van der Waals surface area contributed by atoms with Crippen LogP contribution in [0.15, 0.2) is 309 Å². The lowest BCUT2D eigenvalue weighted by atomic mass is 10.0. The van der Waals surface area contributed by atoms with E-state index < -0.39 is 0 Å². The molecule has 0 N–H and O–H groups in total. The van der Waals surface area contributed by atoms with Gasteiger partial charge in [-0.05, 0) is 174 Å². The lowest BCUT2D eigenvalue weighted by molar-refractivity contribution is 1.16. The van der Waals surface area contributed by atoms with Gasteiger partial charge >= 0.3 is 0 Å². The maximum absolute atomic E-state index is 9.77. The number of nitriles is 1. The molecule has 5 heterocycles. The van der Waals surface area contributed by atoms with Crippen molar-refractivity contribution in [3.63, 3.8) is 0 Å². The van der Waals surface area contributed by atoms with Gasteiger partial charge in [0.25, 0.3) is 0 Å². The van der Waals surface area contributed by atoms with Crippen LogP contribution >= 0.6 is 0 Å². The molecule has 0 aliphatic rings. The van der Waals surface area contributed by atoms with Gasteiger partial charge in [-0.2, -0.15) is 5.26 Å². The fraction of sp³-hybridized carbons (Fsp3) is 0. The highest BCUT2D eigenvalue weighted by atomic mass is 15.0. The highest BCUT2D eigenvalue weighted by Crippen LogP contribution is 2.42. The second kappa shape index (κ2) is 20.4. The van der Waals surface area contributed by atoms with Crippen LogP contribution in [0.4, 0.5) is 0 Å². The molecule has 418 valence electrons. The van der Waals surface area contributed by atoms with E-state index in [4.69, 9.17) is 9.97 Å². The van der Waals surface area contributed by atoms with Gasteiger partial charge in [-0.25, -0.2) is 9.97 Å². The lowest BCUT2D eigenvalue weighted by Gasteiger charge is -2.13. The van der Waals surface area contributed by atoms with Crippen LogP contribution in [0.25, 0.3) is 166 Å². The Balaban J connectivity index is 0.711. The molecule has 0 spiro atoms.